The minimum absolute atomic E-state index is 0.0655. The summed E-state index contributed by atoms with van der Waals surface area (Å²) in [5.74, 6) is -0.0655. The van der Waals surface area contributed by atoms with Crippen LogP contribution in [0, 0.1) is 0 Å². The van der Waals surface area contributed by atoms with E-state index >= 15 is 0 Å². The fourth-order valence-electron chi connectivity index (χ4n) is 2.07. The average Bonchev–Trinajstić information content (AvgIpc) is 2.40. The number of nitrogen functional groups attached to an aromatic ring is 1. The number of hydrogen-bond donors (Lipinski definition) is 2. The van der Waals surface area contributed by atoms with Gasteiger partial charge in [-0.15, -0.1) is 0 Å². The molecule has 0 aromatic carbocycles. The molecule has 2 rings (SSSR count). The summed E-state index contributed by atoms with van der Waals surface area (Å²) in [7, 11) is 0. The van der Waals surface area contributed by atoms with Crippen LogP contribution in [0.3, 0.4) is 0 Å². The van der Waals surface area contributed by atoms with Crippen LogP contribution in [0.1, 0.15) is 10.4 Å². The van der Waals surface area contributed by atoms with Crippen molar-refractivity contribution in [1.29, 1.82) is 0 Å². The van der Waals surface area contributed by atoms with Gasteiger partial charge in [-0.3, -0.25) is 14.7 Å². The number of carbonyl (C=O) groups excluding carboxylic acids is 1. The SMILES string of the molecule is Nc1ccncc1C(=O)N1CCN(CCO)CC1. The van der Waals surface area contributed by atoms with E-state index in [9.17, 15) is 4.79 Å². The average molecular weight is 250 g/mol. The molecule has 98 valence electrons. The Balaban J connectivity index is 1.98. The van der Waals surface area contributed by atoms with Gasteiger partial charge in [-0.2, -0.15) is 0 Å². The predicted octanol–water partition coefficient (Wildman–Crippen LogP) is -0.586. The van der Waals surface area contributed by atoms with E-state index in [2.05, 4.69) is 9.88 Å². The van der Waals surface area contributed by atoms with Crippen molar-refractivity contribution in [2.24, 2.45) is 0 Å². The first-order valence-corrected chi connectivity index (χ1v) is 6.04. The number of amides is 1. The number of pyridine rings is 1. The lowest BCUT2D eigenvalue weighted by molar-refractivity contribution is 0.0615. The Morgan fingerprint density at radius 3 is 2.72 bits per heavy atom. The van der Waals surface area contributed by atoms with Crippen LogP contribution in [0.4, 0.5) is 5.69 Å². The monoisotopic (exact) mass is 250 g/mol. The quantitative estimate of drug-likeness (QED) is 0.749. The molecule has 2 heterocycles. The summed E-state index contributed by atoms with van der Waals surface area (Å²) in [6.07, 6.45) is 3.09. The molecule has 0 unspecified atom stereocenters. The number of carbonyl (C=O) groups is 1. The van der Waals surface area contributed by atoms with Crippen LogP contribution < -0.4 is 5.73 Å². The maximum Gasteiger partial charge on any atom is 0.257 e. The molecule has 0 atom stereocenters. The Morgan fingerprint density at radius 2 is 2.11 bits per heavy atom. The smallest absolute Gasteiger partial charge is 0.257 e. The molecule has 3 N–H and O–H groups in total. The molecule has 6 nitrogen and oxygen atoms in total. The molecule has 0 bridgehead atoms. The second-order valence-electron chi connectivity index (χ2n) is 4.32. The van der Waals surface area contributed by atoms with E-state index in [0.29, 0.717) is 30.9 Å². The van der Waals surface area contributed by atoms with E-state index < -0.39 is 0 Å². The third-order valence-corrected chi connectivity index (χ3v) is 3.16. The Kier molecular flexibility index (Phi) is 4.11. The van der Waals surface area contributed by atoms with Crippen molar-refractivity contribution in [2.45, 2.75) is 0 Å². The van der Waals surface area contributed by atoms with Crippen molar-refractivity contribution in [2.75, 3.05) is 45.1 Å². The summed E-state index contributed by atoms with van der Waals surface area (Å²) in [4.78, 5) is 20.1. The van der Waals surface area contributed by atoms with E-state index in [1.165, 1.54) is 6.20 Å². The zero-order valence-electron chi connectivity index (χ0n) is 10.2. The highest BCUT2D eigenvalue weighted by Crippen LogP contribution is 2.13. The van der Waals surface area contributed by atoms with Crippen molar-refractivity contribution in [3.8, 4) is 0 Å². The molecule has 0 saturated carbocycles. The van der Waals surface area contributed by atoms with Crippen LogP contribution in [0.25, 0.3) is 0 Å². The number of anilines is 1. The first kappa shape index (κ1) is 12.8. The maximum atomic E-state index is 12.2. The highest BCUT2D eigenvalue weighted by Gasteiger charge is 2.23. The summed E-state index contributed by atoms with van der Waals surface area (Å²) in [6.45, 7) is 3.71. The van der Waals surface area contributed by atoms with Gasteiger partial charge in [0.2, 0.25) is 0 Å². The number of nitrogens with zero attached hydrogens (tertiary/aromatic N) is 3. The molecule has 1 aromatic rings. The van der Waals surface area contributed by atoms with Gasteiger partial charge in [-0.25, -0.2) is 0 Å². The molecule has 1 aliphatic rings. The van der Waals surface area contributed by atoms with Crippen LogP contribution in [0.5, 0.6) is 0 Å². The highest BCUT2D eigenvalue weighted by atomic mass is 16.3. The minimum Gasteiger partial charge on any atom is -0.398 e. The molecule has 1 aliphatic heterocycles. The fraction of sp³-hybridized carbons (Fsp3) is 0.500. The van der Waals surface area contributed by atoms with Gasteiger partial charge in [0.05, 0.1) is 12.2 Å². The zero-order valence-corrected chi connectivity index (χ0v) is 10.2. The van der Waals surface area contributed by atoms with Crippen molar-refractivity contribution in [1.82, 2.24) is 14.8 Å². The molecular weight excluding hydrogens is 232 g/mol. The van der Waals surface area contributed by atoms with Gasteiger partial charge >= 0.3 is 0 Å². The van der Waals surface area contributed by atoms with Crippen molar-refractivity contribution < 1.29 is 9.90 Å². The molecule has 1 saturated heterocycles. The lowest BCUT2D eigenvalue weighted by Gasteiger charge is -2.34. The molecule has 6 heteroatoms. The van der Waals surface area contributed by atoms with Crippen molar-refractivity contribution >= 4 is 11.6 Å². The molecular formula is C12H18N4O2. The maximum absolute atomic E-state index is 12.2. The van der Waals surface area contributed by atoms with Gasteiger partial charge in [0.15, 0.2) is 0 Å². The van der Waals surface area contributed by atoms with Crippen LogP contribution in [-0.2, 0) is 0 Å². The zero-order chi connectivity index (χ0) is 13.0. The van der Waals surface area contributed by atoms with Crippen molar-refractivity contribution in [3.63, 3.8) is 0 Å². The van der Waals surface area contributed by atoms with Crippen LogP contribution >= 0.6 is 0 Å². The van der Waals surface area contributed by atoms with Gasteiger partial charge in [0, 0.05) is 50.8 Å². The third kappa shape index (κ3) is 2.77. The normalized spacial score (nSPS) is 16.8. The van der Waals surface area contributed by atoms with Crippen LogP contribution in [0.2, 0.25) is 0 Å². The fourth-order valence-corrected chi connectivity index (χ4v) is 2.07. The van der Waals surface area contributed by atoms with Crippen LogP contribution in [0.15, 0.2) is 18.5 Å². The van der Waals surface area contributed by atoms with Gasteiger partial charge in [0.1, 0.15) is 0 Å². The molecule has 0 aliphatic carbocycles. The number of nitrogens with two attached hydrogens (primary N) is 1. The van der Waals surface area contributed by atoms with Gasteiger partial charge < -0.3 is 15.7 Å². The van der Waals surface area contributed by atoms with E-state index in [1.54, 1.807) is 17.2 Å². The molecule has 0 spiro atoms. The lowest BCUT2D eigenvalue weighted by atomic mass is 10.2. The van der Waals surface area contributed by atoms with E-state index in [-0.39, 0.29) is 12.5 Å². The highest BCUT2D eigenvalue weighted by molar-refractivity contribution is 5.98. The Bertz CT molecular complexity index is 416. The predicted molar refractivity (Wildman–Crippen MR) is 68.1 cm³/mol. The molecule has 1 amide bonds. The number of piperazine rings is 1. The van der Waals surface area contributed by atoms with Gasteiger partial charge in [-0.05, 0) is 6.07 Å². The number of hydrogen-bond acceptors (Lipinski definition) is 5. The summed E-state index contributed by atoms with van der Waals surface area (Å²) in [5, 5.41) is 8.86. The summed E-state index contributed by atoms with van der Waals surface area (Å²) in [5.41, 5.74) is 6.70. The number of β-amino-alcohol motifs (C(OH)–C–C–N with tert-alkyl or cyclic N) is 1. The summed E-state index contributed by atoms with van der Waals surface area (Å²) in [6, 6.07) is 1.63. The Morgan fingerprint density at radius 1 is 1.39 bits per heavy atom. The topological polar surface area (TPSA) is 82.7 Å². The van der Waals surface area contributed by atoms with Gasteiger partial charge in [0.25, 0.3) is 5.91 Å². The molecule has 1 fully saturated rings. The van der Waals surface area contributed by atoms with E-state index in [1.807, 2.05) is 0 Å². The lowest BCUT2D eigenvalue weighted by Crippen LogP contribution is -2.49. The van der Waals surface area contributed by atoms with Crippen molar-refractivity contribution in [3.05, 3.63) is 24.0 Å². The Hall–Kier alpha value is -1.66. The minimum atomic E-state index is -0.0655. The molecule has 18 heavy (non-hydrogen) atoms. The van der Waals surface area contributed by atoms with E-state index in [4.69, 9.17) is 10.8 Å². The van der Waals surface area contributed by atoms with Crippen LogP contribution in [-0.4, -0.2) is 65.1 Å². The standard InChI is InChI=1S/C12H18N4O2/c13-11-1-2-14-9-10(11)12(18)16-5-3-15(4-6-16)7-8-17/h1-2,9,17H,3-8H2,(H2,13,14). The first-order chi connectivity index (χ1) is 8.72. The second kappa shape index (κ2) is 5.79. The van der Waals surface area contributed by atoms with E-state index in [0.717, 1.165) is 13.1 Å². The number of aromatic nitrogens is 1. The summed E-state index contributed by atoms with van der Waals surface area (Å²) >= 11 is 0. The molecule has 1 aromatic heterocycles. The Labute approximate surface area is 106 Å². The third-order valence-electron chi connectivity index (χ3n) is 3.16. The van der Waals surface area contributed by atoms with Gasteiger partial charge in [-0.1, -0.05) is 0 Å². The number of aliphatic hydroxyl groups is 1. The second-order valence-corrected chi connectivity index (χ2v) is 4.32. The first-order valence-electron chi connectivity index (χ1n) is 6.04. The number of aliphatic hydroxyl groups excluding tert-OH is 1. The summed E-state index contributed by atoms with van der Waals surface area (Å²) < 4.78 is 0. The largest absolute Gasteiger partial charge is 0.398 e. The molecule has 0 radical (unpaired) electrons. The number of rotatable bonds is 3.